The van der Waals surface area contributed by atoms with Crippen molar-refractivity contribution in [3.8, 4) is 11.5 Å². The maximum absolute atomic E-state index is 12.4. The topological polar surface area (TPSA) is 73.1 Å². The van der Waals surface area contributed by atoms with Crippen LogP contribution in [0.3, 0.4) is 0 Å². The number of pyridine rings is 1. The highest BCUT2D eigenvalue weighted by Crippen LogP contribution is 2.29. The summed E-state index contributed by atoms with van der Waals surface area (Å²) in [6.07, 6.45) is 1.48. The molecule has 1 aromatic carbocycles. The van der Waals surface area contributed by atoms with Crippen molar-refractivity contribution < 1.29 is 14.0 Å². The first-order valence-electron chi connectivity index (χ1n) is 6.36. The minimum atomic E-state index is -0.408. The molecule has 0 saturated heterocycles. The number of fused-ring (bicyclic) bond motifs is 2. The highest BCUT2D eigenvalue weighted by Gasteiger charge is 2.36. The van der Waals surface area contributed by atoms with Crippen molar-refractivity contribution in [2.75, 3.05) is 0 Å². The van der Waals surface area contributed by atoms with Crippen LogP contribution in [0.2, 0.25) is 0 Å². The maximum atomic E-state index is 12.4. The van der Waals surface area contributed by atoms with E-state index >= 15 is 0 Å². The first-order chi connectivity index (χ1) is 10.3. The van der Waals surface area contributed by atoms with E-state index in [9.17, 15) is 9.59 Å². The van der Waals surface area contributed by atoms with Crippen LogP contribution in [-0.4, -0.2) is 21.5 Å². The fourth-order valence-corrected chi connectivity index (χ4v) is 2.34. The summed E-state index contributed by atoms with van der Waals surface area (Å²) in [5.74, 6) is -0.520. The lowest BCUT2D eigenvalue weighted by Crippen LogP contribution is -2.21. The summed E-state index contributed by atoms with van der Waals surface area (Å²) >= 11 is 0. The molecule has 2 aromatic heterocycles. The number of nitrogens with zero attached hydrogens (tertiary/aromatic N) is 2. The van der Waals surface area contributed by atoms with Gasteiger partial charge in [0.25, 0.3) is 0 Å². The van der Waals surface area contributed by atoms with E-state index in [1.165, 1.54) is 6.20 Å². The molecule has 0 amide bonds. The molecule has 0 bridgehead atoms. The van der Waals surface area contributed by atoms with Crippen LogP contribution in [0.5, 0.6) is 0 Å². The van der Waals surface area contributed by atoms with Gasteiger partial charge in [0.15, 0.2) is 5.69 Å². The van der Waals surface area contributed by atoms with Crippen LogP contribution in [0.4, 0.5) is 0 Å². The molecule has 0 radical (unpaired) electrons. The summed E-state index contributed by atoms with van der Waals surface area (Å²) in [6, 6.07) is 12.3. The van der Waals surface area contributed by atoms with E-state index < -0.39 is 5.78 Å². The van der Waals surface area contributed by atoms with Crippen molar-refractivity contribution in [2.45, 2.75) is 0 Å². The predicted molar refractivity (Wildman–Crippen MR) is 73.0 cm³/mol. The SMILES string of the molecule is O=C1c2cccnc2C(=O)c2oc(-c3ccccc3)nc21. The predicted octanol–water partition coefficient (Wildman–Crippen LogP) is 2.51. The van der Waals surface area contributed by atoms with E-state index in [1.54, 1.807) is 24.3 Å². The average molecular weight is 276 g/mol. The van der Waals surface area contributed by atoms with Gasteiger partial charge in [-0.1, -0.05) is 18.2 Å². The Bertz CT molecular complexity index is 829. The lowest BCUT2D eigenvalue weighted by atomic mass is 9.95. The molecular formula is C16H8N2O3. The van der Waals surface area contributed by atoms with E-state index in [2.05, 4.69) is 9.97 Å². The molecule has 5 nitrogen and oxygen atoms in total. The van der Waals surface area contributed by atoms with Crippen LogP contribution in [0.15, 0.2) is 53.1 Å². The highest BCUT2D eigenvalue weighted by molar-refractivity contribution is 6.25. The summed E-state index contributed by atoms with van der Waals surface area (Å²) < 4.78 is 5.51. The summed E-state index contributed by atoms with van der Waals surface area (Å²) in [7, 11) is 0. The van der Waals surface area contributed by atoms with E-state index in [4.69, 9.17) is 4.42 Å². The first kappa shape index (κ1) is 11.7. The van der Waals surface area contributed by atoms with Gasteiger partial charge in [-0.2, -0.15) is 0 Å². The molecule has 0 spiro atoms. The molecule has 2 heterocycles. The van der Waals surface area contributed by atoms with Gasteiger partial charge < -0.3 is 4.42 Å². The molecule has 0 atom stereocenters. The molecule has 0 saturated carbocycles. The Morgan fingerprint density at radius 3 is 2.48 bits per heavy atom. The van der Waals surface area contributed by atoms with Crippen LogP contribution in [0.1, 0.15) is 32.3 Å². The minimum Gasteiger partial charge on any atom is -0.432 e. The zero-order chi connectivity index (χ0) is 14.4. The van der Waals surface area contributed by atoms with Gasteiger partial charge in [0.05, 0.1) is 5.56 Å². The van der Waals surface area contributed by atoms with E-state index in [0.29, 0.717) is 5.56 Å². The van der Waals surface area contributed by atoms with Gasteiger partial charge >= 0.3 is 0 Å². The number of oxazole rings is 1. The summed E-state index contributed by atoms with van der Waals surface area (Å²) in [5, 5.41) is 0. The van der Waals surface area contributed by atoms with Crippen molar-refractivity contribution in [3.05, 3.63) is 71.4 Å². The standard InChI is InChI=1S/C16H8N2O3/c19-13-10-7-4-8-17-11(10)14(20)15-12(13)18-16(21-15)9-5-2-1-3-6-9/h1-8H. The number of carbonyl (C=O) groups excluding carboxylic acids is 2. The van der Waals surface area contributed by atoms with Crippen molar-refractivity contribution >= 4 is 11.6 Å². The Balaban J connectivity index is 1.92. The van der Waals surface area contributed by atoms with Crippen molar-refractivity contribution in [3.63, 3.8) is 0 Å². The van der Waals surface area contributed by atoms with Gasteiger partial charge in [-0.15, -0.1) is 0 Å². The van der Waals surface area contributed by atoms with Crippen molar-refractivity contribution in [1.82, 2.24) is 9.97 Å². The second-order valence-electron chi connectivity index (χ2n) is 4.62. The molecule has 0 fully saturated rings. The smallest absolute Gasteiger partial charge is 0.249 e. The van der Waals surface area contributed by atoms with Gasteiger partial charge in [-0.05, 0) is 24.3 Å². The zero-order valence-corrected chi connectivity index (χ0v) is 10.7. The summed E-state index contributed by atoms with van der Waals surface area (Å²) in [5.41, 5.74) is 1.15. The third-order valence-electron chi connectivity index (χ3n) is 3.34. The Morgan fingerprint density at radius 1 is 0.857 bits per heavy atom. The molecule has 4 rings (SSSR count). The van der Waals surface area contributed by atoms with Crippen LogP contribution in [0.25, 0.3) is 11.5 Å². The van der Waals surface area contributed by atoms with Crippen LogP contribution >= 0.6 is 0 Å². The maximum Gasteiger partial charge on any atom is 0.249 e. The van der Waals surface area contributed by atoms with Crippen LogP contribution in [0, 0.1) is 0 Å². The second kappa shape index (κ2) is 4.21. The Morgan fingerprint density at radius 2 is 1.67 bits per heavy atom. The lowest BCUT2D eigenvalue weighted by molar-refractivity contribution is 0.0955. The van der Waals surface area contributed by atoms with Crippen molar-refractivity contribution in [2.24, 2.45) is 0 Å². The lowest BCUT2D eigenvalue weighted by Gasteiger charge is -2.09. The largest absolute Gasteiger partial charge is 0.432 e. The Kier molecular flexibility index (Phi) is 2.35. The number of hydrogen-bond donors (Lipinski definition) is 0. The molecule has 21 heavy (non-hydrogen) atoms. The molecule has 0 aliphatic heterocycles. The highest BCUT2D eigenvalue weighted by atomic mass is 16.4. The number of ketones is 2. The monoisotopic (exact) mass is 276 g/mol. The van der Waals surface area contributed by atoms with Gasteiger partial charge in [-0.3, -0.25) is 14.6 Å². The number of benzene rings is 1. The van der Waals surface area contributed by atoms with E-state index in [-0.39, 0.29) is 34.4 Å². The minimum absolute atomic E-state index is 0.0370. The van der Waals surface area contributed by atoms with Gasteiger partial charge in [0.2, 0.25) is 23.2 Å². The number of carbonyl (C=O) groups is 2. The molecule has 0 unspecified atom stereocenters. The average Bonchev–Trinajstić information content (AvgIpc) is 2.99. The van der Waals surface area contributed by atoms with Gasteiger partial charge in [0.1, 0.15) is 5.69 Å². The number of rotatable bonds is 1. The van der Waals surface area contributed by atoms with E-state index in [1.807, 2.05) is 18.2 Å². The molecule has 3 aromatic rings. The third-order valence-corrected chi connectivity index (χ3v) is 3.34. The number of hydrogen-bond acceptors (Lipinski definition) is 5. The van der Waals surface area contributed by atoms with E-state index in [0.717, 1.165) is 0 Å². The van der Waals surface area contributed by atoms with Crippen molar-refractivity contribution in [1.29, 1.82) is 0 Å². The first-order valence-corrected chi connectivity index (χ1v) is 6.36. The molecular weight excluding hydrogens is 268 g/mol. The van der Waals surface area contributed by atoms with Gasteiger partial charge in [-0.25, -0.2) is 4.98 Å². The zero-order valence-electron chi connectivity index (χ0n) is 10.7. The number of aromatic nitrogens is 2. The quantitative estimate of drug-likeness (QED) is 0.534. The fraction of sp³-hybridized carbons (Fsp3) is 0. The third kappa shape index (κ3) is 1.64. The van der Waals surface area contributed by atoms with Crippen LogP contribution < -0.4 is 0 Å². The molecule has 5 heteroatoms. The molecule has 100 valence electrons. The normalized spacial score (nSPS) is 13.0. The molecule has 0 N–H and O–H groups in total. The second-order valence-corrected chi connectivity index (χ2v) is 4.62. The Hall–Kier alpha value is -3.08. The molecule has 1 aliphatic carbocycles. The fourth-order valence-electron chi connectivity index (χ4n) is 2.34. The summed E-state index contributed by atoms with van der Waals surface area (Å²) in [4.78, 5) is 32.9. The molecule has 1 aliphatic rings. The Labute approximate surface area is 119 Å². The van der Waals surface area contributed by atoms with Gasteiger partial charge in [0, 0.05) is 11.8 Å². The summed E-state index contributed by atoms with van der Waals surface area (Å²) in [6.45, 7) is 0. The van der Waals surface area contributed by atoms with Crippen LogP contribution in [-0.2, 0) is 0 Å².